The number of aryl methyl sites for hydroxylation is 1. The first-order valence-corrected chi connectivity index (χ1v) is 8.96. The number of amides is 1. The molecule has 134 valence electrons. The fourth-order valence-corrected chi connectivity index (χ4v) is 3.58. The summed E-state index contributed by atoms with van der Waals surface area (Å²) in [4.78, 5) is 27.0. The summed E-state index contributed by atoms with van der Waals surface area (Å²) in [6.45, 7) is 5.48. The smallest absolute Gasteiger partial charge is 0.323 e. The number of nitrogens with zero attached hydrogens (tertiary/aromatic N) is 1. The van der Waals surface area contributed by atoms with Crippen LogP contribution in [-0.4, -0.2) is 41.6 Å². The standard InChI is InChI=1S/C19H23NO4S/c1-5-12(2)20(11-18(21)22)19(23)17-10-16(13(3)25-17)14-6-8-15(24-4)9-7-14/h6-10,12H,5,11H2,1-4H3,(H,21,22). The molecule has 5 nitrogen and oxygen atoms in total. The molecule has 1 unspecified atom stereocenters. The van der Waals surface area contributed by atoms with Crippen LogP contribution in [0.25, 0.3) is 11.1 Å². The average molecular weight is 361 g/mol. The van der Waals surface area contributed by atoms with Gasteiger partial charge in [0.1, 0.15) is 12.3 Å². The van der Waals surface area contributed by atoms with Gasteiger partial charge < -0.3 is 14.7 Å². The fourth-order valence-electron chi connectivity index (χ4n) is 2.58. The van der Waals surface area contributed by atoms with Crippen molar-refractivity contribution in [3.05, 3.63) is 40.1 Å². The summed E-state index contributed by atoms with van der Waals surface area (Å²) in [6.07, 6.45) is 0.703. The molecule has 1 amide bonds. The molecular weight excluding hydrogens is 338 g/mol. The Labute approximate surface area is 151 Å². The van der Waals surface area contributed by atoms with Crippen LogP contribution in [0.2, 0.25) is 0 Å². The zero-order chi connectivity index (χ0) is 18.6. The summed E-state index contributed by atoms with van der Waals surface area (Å²) in [5.41, 5.74) is 1.98. The van der Waals surface area contributed by atoms with E-state index in [0.717, 1.165) is 21.8 Å². The van der Waals surface area contributed by atoms with Crippen molar-refractivity contribution in [2.75, 3.05) is 13.7 Å². The number of carboxylic acids is 1. The maximum Gasteiger partial charge on any atom is 0.323 e. The highest BCUT2D eigenvalue weighted by molar-refractivity contribution is 7.14. The van der Waals surface area contributed by atoms with Gasteiger partial charge in [0.2, 0.25) is 0 Å². The van der Waals surface area contributed by atoms with E-state index in [0.29, 0.717) is 11.3 Å². The monoisotopic (exact) mass is 361 g/mol. The minimum absolute atomic E-state index is 0.129. The Bertz CT molecular complexity index is 751. The molecule has 2 rings (SSSR count). The van der Waals surface area contributed by atoms with Crippen LogP contribution in [0.1, 0.15) is 34.8 Å². The van der Waals surface area contributed by atoms with E-state index in [4.69, 9.17) is 9.84 Å². The van der Waals surface area contributed by atoms with E-state index in [2.05, 4.69) is 0 Å². The fraction of sp³-hybridized carbons (Fsp3) is 0.368. The Morgan fingerprint density at radius 1 is 1.28 bits per heavy atom. The van der Waals surface area contributed by atoms with E-state index in [1.165, 1.54) is 16.2 Å². The number of carboxylic acid groups (broad SMARTS) is 1. The van der Waals surface area contributed by atoms with Crippen LogP contribution in [0.3, 0.4) is 0 Å². The number of ether oxygens (including phenoxy) is 1. The van der Waals surface area contributed by atoms with Gasteiger partial charge in [-0.15, -0.1) is 11.3 Å². The summed E-state index contributed by atoms with van der Waals surface area (Å²) in [5, 5.41) is 9.11. The molecule has 0 aliphatic rings. The number of carbonyl (C=O) groups is 2. The Kier molecular flexibility index (Phi) is 6.20. The highest BCUT2D eigenvalue weighted by Crippen LogP contribution is 2.33. The van der Waals surface area contributed by atoms with Crippen molar-refractivity contribution in [3.63, 3.8) is 0 Å². The average Bonchev–Trinajstić information content (AvgIpc) is 3.00. The van der Waals surface area contributed by atoms with Crippen LogP contribution in [0.5, 0.6) is 5.75 Å². The quantitative estimate of drug-likeness (QED) is 0.808. The van der Waals surface area contributed by atoms with Gasteiger partial charge in [-0.05, 0) is 49.6 Å². The normalized spacial score (nSPS) is 11.8. The van der Waals surface area contributed by atoms with Crippen molar-refractivity contribution < 1.29 is 19.4 Å². The SMILES string of the molecule is CCC(C)N(CC(=O)O)C(=O)c1cc(-c2ccc(OC)cc2)c(C)s1. The minimum Gasteiger partial charge on any atom is -0.497 e. The van der Waals surface area contributed by atoms with Gasteiger partial charge in [-0.2, -0.15) is 0 Å². The first-order valence-electron chi connectivity index (χ1n) is 8.15. The van der Waals surface area contributed by atoms with Gasteiger partial charge in [0.05, 0.1) is 12.0 Å². The lowest BCUT2D eigenvalue weighted by Gasteiger charge is -2.26. The van der Waals surface area contributed by atoms with Crippen molar-refractivity contribution in [3.8, 4) is 16.9 Å². The van der Waals surface area contributed by atoms with E-state index < -0.39 is 5.97 Å². The number of aliphatic carboxylic acids is 1. The number of rotatable bonds is 7. The van der Waals surface area contributed by atoms with Crippen molar-refractivity contribution >= 4 is 23.2 Å². The molecule has 1 aromatic heterocycles. The molecule has 1 heterocycles. The van der Waals surface area contributed by atoms with Crippen molar-refractivity contribution in [1.29, 1.82) is 0 Å². The van der Waals surface area contributed by atoms with Crippen LogP contribution in [0.15, 0.2) is 30.3 Å². The summed E-state index contributed by atoms with van der Waals surface area (Å²) >= 11 is 1.40. The summed E-state index contributed by atoms with van der Waals surface area (Å²) in [7, 11) is 1.62. The van der Waals surface area contributed by atoms with Gasteiger partial charge in [-0.3, -0.25) is 9.59 Å². The number of thiophene rings is 1. The van der Waals surface area contributed by atoms with Gasteiger partial charge in [-0.25, -0.2) is 0 Å². The highest BCUT2D eigenvalue weighted by Gasteiger charge is 2.25. The minimum atomic E-state index is -1.00. The second kappa shape index (κ2) is 8.16. The van der Waals surface area contributed by atoms with Gasteiger partial charge in [0.25, 0.3) is 5.91 Å². The molecule has 0 aliphatic heterocycles. The molecule has 0 bridgehead atoms. The molecule has 1 N–H and O–H groups in total. The Morgan fingerprint density at radius 2 is 1.92 bits per heavy atom. The molecule has 1 aromatic carbocycles. The second-order valence-electron chi connectivity index (χ2n) is 5.89. The Balaban J connectivity index is 2.32. The van der Waals surface area contributed by atoms with Crippen LogP contribution in [0, 0.1) is 6.92 Å². The van der Waals surface area contributed by atoms with Gasteiger partial charge in [-0.1, -0.05) is 19.1 Å². The molecule has 0 saturated carbocycles. The molecule has 0 aliphatic carbocycles. The molecule has 6 heteroatoms. The maximum absolute atomic E-state index is 12.8. The van der Waals surface area contributed by atoms with E-state index in [-0.39, 0.29) is 18.5 Å². The third kappa shape index (κ3) is 4.39. The summed E-state index contributed by atoms with van der Waals surface area (Å²) in [6, 6.07) is 9.38. The molecule has 2 aromatic rings. The van der Waals surface area contributed by atoms with Crippen LogP contribution >= 0.6 is 11.3 Å². The van der Waals surface area contributed by atoms with Gasteiger partial charge in [0.15, 0.2) is 0 Å². The molecular formula is C19H23NO4S. The molecule has 0 radical (unpaired) electrons. The van der Waals surface area contributed by atoms with Crippen LogP contribution in [-0.2, 0) is 4.79 Å². The molecule has 0 spiro atoms. The summed E-state index contributed by atoms with van der Waals surface area (Å²) in [5.74, 6) is -0.459. The maximum atomic E-state index is 12.8. The Hall–Kier alpha value is -2.34. The predicted octanol–water partition coefficient (Wildman–Crippen LogP) is 4.06. The molecule has 0 fully saturated rings. The number of methoxy groups -OCH3 is 1. The van der Waals surface area contributed by atoms with Crippen LogP contribution in [0.4, 0.5) is 0 Å². The molecule has 0 saturated heterocycles. The first kappa shape index (κ1) is 19.0. The van der Waals surface area contributed by atoms with Crippen molar-refractivity contribution in [1.82, 2.24) is 4.90 Å². The predicted molar refractivity (Wildman–Crippen MR) is 99.5 cm³/mol. The number of carbonyl (C=O) groups excluding carboxylic acids is 1. The van der Waals surface area contributed by atoms with Gasteiger partial charge in [0, 0.05) is 10.9 Å². The topological polar surface area (TPSA) is 66.8 Å². The lowest BCUT2D eigenvalue weighted by molar-refractivity contribution is -0.138. The third-order valence-corrected chi connectivity index (χ3v) is 5.26. The molecule has 25 heavy (non-hydrogen) atoms. The number of hydrogen-bond acceptors (Lipinski definition) is 4. The number of benzene rings is 1. The zero-order valence-corrected chi connectivity index (χ0v) is 15.7. The van der Waals surface area contributed by atoms with E-state index in [9.17, 15) is 9.59 Å². The van der Waals surface area contributed by atoms with Crippen molar-refractivity contribution in [2.24, 2.45) is 0 Å². The van der Waals surface area contributed by atoms with Crippen LogP contribution < -0.4 is 4.74 Å². The summed E-state index contributed by atoms with van der Waals surface area (Å²) < 4.78 is 5.17. The van der Waals surface area contributed by atoms with E-state index >= 15 is 0 Å². The lowest BCUT2D eigenvalue weighted by Crippen LogP contribution is -2.41. The lowest BCUT2D eigenvalue weighted by atomic mass is 10.1. The van der Waals surface area contributed by atoms with E-state index in [1.54, 1.807) is 7.11 Å². The zero-order valence-electron chi connectivity index (χ0n) is 14.9. The van der Waals surface area contributed by atoms with E-state index in [1.807, 2.05) is 51.1 Å². The Morgan fingerprint density at radius 3 is 2.44 bits per heavy atom. The first-order chi connectivity index (χ1) is 11.9. The largest absolute Gasteiger partial charge is 0.497 e. The third-order valence-electron chi connectivity index (χ3n) is 4.22. The second-order valence-corrected chi connectivity index (χ2v) is 7.15. The van der Waals surface area contributed by atoms with Gasteiger partial charge >= 0.3 is 5.97 Å². The van der Waals surface area contributed by atoms with Crippen molar-refractivity contribution in [2.45, 2.75) is 33.2 Å². The highest BCUT2D eigenvalue weighted by atomic mass is 32.1. The molecule has 1 atom stereocenters. The number of hydrogen-bond donors (Lipinski definition) is 1.